The Hall–Kier alpha value is -2.16. The van der Waals surface area contributed by atoms with E-state index in [-0.39, 0.29) is 16.0 Å². The van der Waals surface area contributed by atoms with E-state index in [2.05, 4.69) is 46.8 Å². The Morgan fingerprint density at radius 1 is 1.08 bits per heavy atom. The molecule has 3 heteroatoms. The molecule has 0 bridgehead atoms. The summed E-state index contributed by atoms with van der Waals surface area (Å²) in [4.78, 5) is 11.3. The summed E-state index contributed by atoms with van der Waals surface area (Å²) in [7, 11) is 0. The molecule has 2 rings (SSSR count). The smallest absolute Gasteiger partial charge is 0.258 e. The Bertz CT molecular complexity index is 712. The maximum absolute atomic E-state index is 11.6. The van der Waals surface area contributed by atoms with Crippen LogP contribution in [0.15, 0.2) is 42.5 Å². The lowest BCUT2D eigenvalue weighted by Crippen LogP contribution is -2.10. The normalized spacial score (nSPS) is 12.9. The molecule has 128 valence electrons. The lowest BCUT2D eigenvalue weighted by atomic mass is 9.86. The van der Waals surface area contributed by atoms with Crippen molar-refractivity contribution in [2.75, 3.05) is 0 Å². The van der Waals surface area contributed by atoms with E-state index in [9.17, 15) is 10.1 Å². The van der Waals surface area contributed by atoms with E-state index in [1.165, 1.54) is 5.56 Å². The summed E-state index contributed by atoms with van der Waals surface area (Å²) in [6, 6.07) is 13.8. The number of hydrogen-bond acceptors (Lipinski definition) is 2. The van der Waals surface area contributed by atoms with Gasteiger partial charge in [-0.3, -0.25) is 10.1 Å². The molecule has 0 radical (unpaired) electrons. The van der Waals surface area contributed by atoms with Gasteiger partial charge in [-0.2, -0.15) is 0 Å². The number of nitrogens with zero attached hydrogens (tertiary/aromatic N) is 1. The van der Waals surface area contributed by atoms with Gasteiger partial charge >= 0.3 is 0 Å². The van der Waals surface area contributed by atoms with Gasteiger partial charge in [0.1, 0.15) is 0 Å². The number of nitro groups is 1. The van der Waals surface area contributed by atoms with E-state index in [1.807, 2.05) is 24.3 Å². The first kappa shape index (κ1) is 18.2. The van der Waals surface area contributed by atoms with Gasteiger partial charge in [-0.25, -0.2) is 0 Å². The van der Waals surface area contributed by atoms with Crippen LogP contribution in [0.3, 0.4) is 0 Å². The van der Waals surface area contributed by atoms with Gasteiger partial charge in [0.25, 0.3) is 5.69 Å². The van der Waals surface area contributed by atoms with Crippen molar-refractivity contribution in [2.24, 2.45) is 0 Å². The van der Waals surface area contributed by atoms with Gasteiger partial charge in [-0.15, -0.1) is 0 Å². The summed E-state index contributed by atoms with van der Waals surface area (Å²) in [6.07, 6.45) is 2.11. The molecule has 0 saturated carbocycles. The van der Waals surface area contributed by atoms with Crippen LogP contribution in [0.5, 0.6) is 0 Å². The fourth-order valence-corrected chi connectivity index (χ4v) is 3.00. The Morgan fingerprint density at radius 3 is 2.21 bits per heavy atom. The van der Waals surface area contributed by atoms with E-state index in [0.29, 0.717) is 11.5 Å². The van der Waals surface area contributed by atoms with Gasteiger partial charge in [0.15, 0.2) is 0 Å². The highest BCUT2D eigenvalue weighted by atomic mass is 16.6. The van der Waals surface area contributed by atoms with Crippen LogP contribution in [-0.2, 0) is 5.41 Å². The average Bonchev–Trinajstić information content (AvgIpc) is 2.53. The molecule has 0 fully saturated rings. The summed E-state index contributed by atoms with van der Waals surface area (Å²) in [5.41, 5.74) is 4.11. The number of hydrogen-bond donors (Lipinski definition) is 0. The summed E-state index contributed by atoms with van der Waals surface area (Å²) in [6.45, 7) is 10.7. The van der Waals surface area contributed by atoms with Crippen molar-refractivity contribution >= 4 is 5.69 Å². The third-order valence-corrected chi connectivity index (χ3v) is 4.57. The number of rotatable bonds is 5. The fourth-order valence-electron chi connectivity index (χ4n) is 3.00. The minimum atomic E-state index is -0.269. The average molecular weight is 325 g/mol. The fraction of sp³-hybridized carbons (Fsp3) is 0.429. The van der Waals surface area contributed by atoms with Crippen molar-refractivity contribution in [1.82, 2.24) is 0 Å². The molecule has 0 N–H and O–H groups in total. The van der Waals surface area contributed by atoms with Crippen molar-refractivity contribution in [3.63, 3.8) is 0 Å². The van der Waals surface area contributed by atoms with E-state index >= 15 is 0 Å². The maximum Gasteiger partial charge on any atom is 0.277 e. The van der Waals surface area contributed by atoms with E-state index < -0.39 is 0 Å². The highest BCUT2D eigenvalue weighted by Gasteiger charge is 2.19. The van der Waals surface area contributed by atoms with Gasteiger partial charge in [-0.05, 0) is 40.5 Å². The predicted molar refractivity (Wildman–Crippen MR) is 101 cm³/mol. The highest BCUT2D eigenvalue weighted by molar-refractivity contribution is 5.74. The van der Waals surface area contributed by atoms with E-state index in [1.54, 1.807) is 6.07 Å². The van der Waals surface area contributed by atoms with Crippen molar-refractivity contribution in [3.8, 4) is 11.1 Å². The zero-order valence-electron chi connectivity index (χ0n) is 15.3. The molecule has 1 unspecified atom stereocenters. The summed E-state index contributed by atoms with van der Waals surface area (Å²) >= 11 is 0. The lowest BCUT2D eigenvalue weighted by Gasteiger charge is -2.19. The molecule has 0 aliphatic carbocycles. The van der Waals surface area contributed by atoms with Gasteiger partial charge in [0, 0.05) is 6.07 Å². The van der Waals surface area contributed by atoms with Crippen LogP contribution in [0.4, 0.5) is 5.69 Å². The van der Waals surface area contributed by atoms with Crippen molar-refractivity contribution in [1.29, 1.82) is 0 Å². The van der Waals surface area contributed by atoms with Crippen LogP contribution in [0.1, 0.15) is 64.5 Å². The Morgan fingerprint density at radius 2 is 1.71 bits per heavy atom. The van der Waals surface area contributed by atoms with Crippen LogP contribution in [0.25, 0.3) is 11.1 Å². The monoisotopic (exact) mass is 325 g/mol. The van der Waals surface area contributed by atoms with E-state index in [0.717, 1.165) is 24.0 Å². The largest absolute Gasteiger partial charge is 0.277 e. The third kappa shape index (κ3) is 4.02. The standard InChI is InChI=1S/C21H27NO2/c1-6-7-15(2)17-10-13-19(20(14-17)22(23)24)16-8-11-18(12-9-16)21(3,4)5/h8-15H,6-7H2,1-5H3. The zero-order chi connectivity index (χ0) is 17.9. The van der Waals surface area contributed by atoms with Crippen LogP contribution in [0, 0.1) is 10.1 Å². The topological polar surface area (TPSA) is 43.1 Å². The van der Waals surface area contributed by atoms with Gasteiger partial charge in [0.2, 0.25) is 0 Å². The molecular weight excluding hydrogens is 298 g/mol. The first-order chi connectivity index (χ1) is 11.2. The second kappa shape index (κ2) is 7.16. The summed E-state index contributed by atoms with van der Waals surface area (Å²) in [5.74, 6) is 0.339. The van der Waals surface area contributed by atoms with Crippen LogP contribution < -0.4 is 0 Å². The summed E-state index contributed by atoms with van der Waals surface area (Å²) in [5, 5.41) is 11.6. The molecule has 0 saturated heterocycles. The minimum absolute atomic E-state index is 0.0733. The molecule has 0 aliphatic heterocycles. The SMILES string of the molecule is CCCC(C)c1ccc(-c2ccc(C(C)(C)C)cc2)c([N+](=O)[O-])c1. The number of benzene rings is 2. The van der Waals surface area contributed by atoms with Gasteiger partial charge in [-0.1, -0.05) is 71.4 Å². The third-order valence-electron chi connectivity index (χ3n) is 4.57. The second-order valence-corrected chi connectivity index (χ2v) is 7.55. The molecule has 24 heavy (non-hydrogen) atoms. The molecule has 1 atom stereocenters. The first-order valence-electron chi connectivity index (χ1n) is 8.63. The molecule has 0 aliphatic rings. The predicted octanol–water partition coefficient (Wildman–Crippen LogP) is 6.46. The lowest BCUT2D eigenvalue weighted by molar-refractivity contribution is -0.384. The Labute approximate surface area is 144 Å². The highest BCUT2D eigenvalue weighted by Crippen LogP contribution is 2.34. The van der Waals surface area contributed by atoms with Crippen LogP contribution in [-0.4, -0.2) is 4.92 Å². The van der Waals surface area contributed by atoms with Crippen LogP contribution in [0.2, 0.25) is 0 Å². The van der Waals surface area contributed by atoms with Crippen LogP contribution >= 0.6 is 0 Å². The summed E-state index contributed by atoms with van der Waals surface area (Å²) < 4.78 is 0. The van der Waals surface area contributed by atoms with Crippen molar-refractivity contribution < 1.29 is 4.92 Å². The van der Waals surface area contributed by atoms with Crippen molar-refractivity contribution in [2.45, 2.75) is 58.8 Å². The minimum Gasteiger partial charge on any atom is -0.258 e. The molecule has 3 nitrogen and oxygen atoms in total. The quantitative estimate of drug-likeness (QED) is 0.467. The zero-order valence-corrected chi connectivity index (χ0v) is 15.3. The maximum atomic E-state index is 11.6. The molecular formula is C21H27NO2. The molecule has 2 aromatic rings. The number of nitro benzene ring substituents is 1. The van der Waals surface area contributed by atoms with Gasteiger partial charge < -0.3 is 0 Å². The molecule has 0 heterocycles. The molecule has 2 aromatic carbocycles. The second-order valence-electron chi connectivity index (χ2n) is 7.55. The first-order valence-corrected chi connectivity index (χ1v) is 8.63. The van der Waals surface area contributed by atoms with E-state index in [4.69, 9.17) is 0 Å². The van der Waals surface area contributed by atoms with Gasteiger partial charge in [0.05, 0.1) is 10.5 Å². The van der Waals surface area contributed by atoms with Crippen molar-refractivity contribution in [3.05, 3.63) is 63.7 Å². The Balaban J connectivity index is 2.44. The molecule has 0 spiro atoms. The Kier molecular flexibility index (Phi) is 5.43. The molecule has 0 aromatic heterocycles. The molecule has 0 amide bonds.